The van der Waals surface area contributed by atoms with Gasteiger partial charge in [0.25, 0.3) is 0 Å². The molecule has 1 aromatic rings. The number of carbonyl (C=O) groups is 2. The molecule has 1 amide bonds. The fraction of sp³-hybridized carbons (Fsp3) is 0.500. The molecule has 1 aromatic carbocycles. The van der Waals surface area contributed by atoms with Gasteiger partial charge >= 0.3 is 5.97 Å². The minimum absolute atomic E-state index is 0.0292. The van der Waals surface area contributed by atoms with E-state index in [0.29, 0.717) is 12.8 Å². The molecule has 0 heterocycles. The van der Waals surface area contributed by atoms with E-state index < -0.39 is 5.97 Å². The second-order valence-corrected chi connectivity index (χ2v) is 5.63. The highest BCUT2D eigenvalue weighted by molar-refractivity contribution is 5.95. The van der Waals surface area contributed by atoms with E-state index in [0.717, 1.165) is 24.1 Å². The van der Waals surface area contributed by atoms with Gasteiger partial charge in [0, 0.05) is 18.7 Å². The van der Waals surface area contributed by atoms with Crippen LogP contribution in [-0.4, -0.2) is 24.0 Å². The van der Waals surface area contributed by atoms with Crippen LogP contribution in [-0.2, 0) is 9.59 Å². The molecule has 1 saturated carbocycles. The average molecular weight is 275 g/mol. The van der Waals surface area contributed by atoms with Crippen molar-refractivity contribution in [3.63, 3.8) is 0 Å². The molecule has 0 aromatic heterocycles. The standard InChI is InChI=1S/C16H21NO3/c1-11-5-3-8-14(9-11)17(2)15(18)12-6-4-7-13(10-12)16(19)20/h3,5,8-9,12-13H,4,6-7,10H2,1-2H3,(H,19,20). The van der Waals surface area contributed by atoms with Gasteiger partial charge in [0.2, 0.25) is 5.91 Å². The van der Waals surface area contributed by atoms with Gasteiger partial charge in [-0.15, -0.1) is 0 Å². The lowest BCUT2D eigenvalue weighted by molar-refractivity contribution is -0.143. The van der Waals surface area contributed by atoms with E-state index >= 15 is 0 Å². The lowest BCUT2D eigenvalue weighted by Gasteiger charge is -2.29. The smallest absolute Gasteiger partial charge is 0.306 e. The molecule has 1 aliphatic rings. The molecule has 0 spiro atoms. The van der Waals surface area contributed by atoms with E-state index in [1.54, 1.807) is 11.9 Å². The second-order valence-electron chi connectivity index (χ2n) is 5.63. The third-order valence-corrected chi connectivity index (χ3v) is 4.09. The van der Waals surface area contributed by atoms with Crippen molar-refractivity contribution < 1.29 is 14.7 Å². The van der Waals surface area contributed by atoms with E-state index in [-0.39, 0.29) is 17.7 Å². The summed E-state index contributed by atoms with van der Waals surface area (Å²) in [5.41, 5.74) is 1.97. The summed E-state index contributed by atoms with van der Waals surface area (Å²) < 4.78 is 0. The number of nitrogens with zero attached hydrogens (tertiary/aromatic N) is 1. The van der Waals surface area contributed by atoms with Crippen molar-refractivity contribution in [3.8, 4) is 0 Å². The Kier molecular flexibility index (Phi) is 4.42. The number of anilines is 1. The largest absolute Gasteiger partial charge is 0.481 e. The Bertz CT molecular complexity index is 512. The second kappa shape index (κ2) is 6.07. The van der Waals surface area contributed by atoms with Crippen LogP contribution in [0.3, 0.4) is 0 Å². The fourth-order valence-electron chi connectivity index (χ4n) is 2.88. The number of carbonyl (C=O) groups excluding carboxylic acids is 1. The molecule has 0 bridgehead atoms. The van der Waals surface area contributed by atoms with Crippen molar-refractivity contribution in [2.45, 2.75) is 32.6 Å². The third kappa shape index (κ3) is 3.18. The molecule has 1 N–H and O–H groups in total. The summed E-state index contributed by atoms with van der Waals surface area (Å²) in [5, 5.41) is 9.10. The molecule has 2 atom stereocenters. The Morgan fingerprint density at radius 2 is 1.95 bits per heavy atom. The van der Waals surface area contributed by atoms with E-state index in [1.165, 1.54) is 0 Å². The molecule has 0 aliphatic heterocycles. The SMILES string of the molecule is Cc1cccc(N(C)C(=O)C2CCCC(C(=O)O)C2)c1. The van der Waals surface area contributed by atoms with Crippen LogP contribution in [0, 0.1) is 18.8 Å². The Labute approximate surface area is 119 Å². The first-order valence-electron chi connectivity index (χ1n) is 7.06. The van der Waals surface area contributed by atoms with Gasteiger partial charge in [0.15, 0.2) is 0 Å². The lowest BCUT2D eigenvalue weighted by atomic mass is 9.80. The summed E-state index contributed by atoms with van der Waals surface area (Å²) in [4.78, 5) is 25.2. The summed E-state index contributed by atoms with van der Waals surface area (Å²) in [6.45, 7) is 1.99. The molecule has 2 unspecified atom stereocenters. The zero-order valence-corrected chi connectivity index (χ0v) is 12.0. The maximum atomic E-state index is 12.5. The van der Waals surface area contributed by atoms with Crippen molar-refractivity contribution in [2.75, 3.05) is 11.9 Å². The van der Waals surface area contributed by atoms with Crippen LogP contribution >= 0.6 is 0 Å². The van der Waals surface area contributed by atoms with Crippen LogP contribution in [0.5, 0.6) is 0 Å². The van der Waals surface area contributed by atoms with Crippen molar-refractivity contribution in [2.24, 2.45) is 11.8 Å². The summed E-state index contributed by atoms with van der Waals surface area (Å²) in [6, 6.07) is 7.79. The highest BCUT2D eigenvalue weighted by Gasteiger charge is 2.32. The zero-order chi connectivity index (χ0) is 14.7. The summed E-state index contributed by atoms with van der Waals surface area (Å²) in [5.74, 6) is -1.29. The Hall–Kier alpha value is -1.84. The zero-order valence-electron chi connectivity index (χ0n) is 12.0. The molecule has 0 saturated heterocycles. The van der Waals surface area contributed by atoms with Crippen molar-refractivity contribution >= 4 is 17.6 Å². The predicted octanol–water partition coefficient (Wildman–Crippen LogP) is 2.85. The highest BCUT2D eigenvalue weighted by atomic mass is 16.4. The molecule has 2 rings (SSSR count). The summed E-state index contributed by atoms with van der Waals surface area (Å²) in [7, 11) is 1.77. The van der Waals surface area contributed by atoms with Crippen LogP contribution < -0.4 is 4.90 Å². The monoisotopic (exact) mass is 275 g/mol. The topological polar surface area (TPSA) is 57.6 Å². The van der Waals surface area contributed by atoms with Gasteiger partial charge in [-0.3, -0.25) is 9.59 Å². The molecule has 1 aliphatic carbocycles. The van der Waals surface area contributed by atoms with Crippen LogP contribution in [0.2, 0.25) is 0 Å². The number of carboxylic acid groups (broad SMARTS) is 1. The highest BCUT2D eigenvalue weighted by Crippen LogP contribution is 2.31. The summed E-state index contributed by atoms with van der Waals surface area (Å²) in [6.07, 6.45) is 2.76. The lowest BCUT2D eigenvalue weighted by Crippen LogP contribution is -2.36. The molecule has 4 heteroatoms. The van der Waals surface area contributed by atoms with Crippen LogP contribution in [0.25, 0.3) is 0 Å². The van der Waals surface area contributed by atoms with E-state index in [2.05, 4.69) is 0 Å². The molecular weight excluding hydrogens is 254 g/mol. The molecule has 0 radical (unpaired) electrons. The molecule has 108 valence electrons. The van der Waals surface area contributed by atoms with Crippen molar-refractivity contribution in [3.05, 3.63) is 29.8 Å². The van der Waals surface area contributed by atoms with Gasteiger partial charge in [-0.2, -0.15) is 0 Å². The number of rotatable bonds is 3. The first-order chi connectivity index (χ1) is 9.49. The van der Waals surface area contributed by atoms with Crippen LogP contribution in [0.15, 0.2) is 24.3 Å². The van der Waals surface area contributed by atoms with E-state index in [1.807, 2.05) is 31.2 Å². The molecule has 1 fully saturated rings. The minimum Gasteiger partial charge on any atom is -0.481 e. The first-order valence-corrected chi connectivity index (χ1v) is 7.06. The number of carboxylic acids is 1. The van der Waals surface area contributed by atoms with E-state index in [4.69, 9.17) is 5.11 Å². The summed E-state index contributed by atoms with van der Waals surface area (Å²) >= 11 is 0. The maximum Gasteiger partial charge on any atom is 0.306 e. The van der Waals surface area contributed by atoms with Crippen LogP contribution in [0.4, 0.5) is 5.69 Å². The number of aryl methyl sites for hydroxylation is 1. The maximum absolute atomic E-state index is 12.5. The molecule has 4 nitrogen and oxygen atoms in total. The van der Waals surface area contributed by atoms with Gasteiger partial charge < -0.3 is 10.0 Å². The van der Waals surface area contributed by atoms with Gasteiger partial charge in [0.1, 0.15) is 0 Å². The Morgan fingerprint density at radius 1 is 1.25 bits per heavy atom. The Morgan fingerprint density at radius 3 is 2.60 bits per heavy atom. The Balaban J connectivity index is 2.08. The van der Waals surface area contributed by atoms with E-state index in [9.17, 15) is 9.59 Å². The van der Waals surface area contributed by atoms with Crippen molar-refractivity contribution in [1.82, 2.24) is 0 Å². The van der Waals surface area contributed by atoms with Crippen molar-refractivity contribution in [1.29, 1.82) is 0 Å². The number of benzene rings is 1. The fourth-order valence-corrected chi connectivity index (χ4v) is 2.88. The number of amides is 1. The molecule has 20 heavy (non-hydrogen) atoms. The van der Waals surface area contributed by atoms with Gasteiger partial charge in [0.05, 0.1) is 5.92 Å². The average Bonchev–Trinajstić information content (AvgIpc) is 2.45. The minimum atomic E-state index is -0.777. The predicted molar refractivity (Wildman–Crippen MR) is 77.7 cm³/mol. The normalized spacial score (nSPS) is 22.3. The molecular formula is C16H21NO3. The van der Waals surface area contributed by atoms with Gasteiger partial charge in [-0.25, -0.2) is 0 Å². The number of aliphatic carboxylic acids is 1. The number of hydrogen-bond acceptors (Lipinski definition) is 2. The van der Waals surface area contributed by atoms with Gasteiger partial charge in [-0.1, -0.05) is 18.6 Å². The van der Waals surface area contributed by atoms with Crippen LogP contribution in [0.1, 0.15) is 31.2 Å². The quantitative estimate of drug-likeness (QED) is 0.922. The third-order valence-electron chi connectivity index (χ3n) is 4.09. The van der Waals surface area contributed by atoms with Gasteiger partial charge in [-0.05, 0) is 43.9 Å². The number of hydrogen-bond donors (Lipinski definition) is 1. The first kappa shape index (κ1) is 14.6.